The van der Waals surface area contributed by atoms with Gasteiger partial charge in [-0.05, 0) is 65.9 Å². The predicted molar refractivity (Wildman–Crippen MR) is 120 cm³/mol. The number of thiophene rings is 1. The molecule has 4 rings (SSSR count). The van der Waals surface area contributed by atoms with E-state index in [1.807, 2.05) is 24.3 Å². The molecular weight excluding hydrogens is 399 g/mol. The molecule has 30 heavy (non-hydrogen) atoms. The molecule has 1 N–H and O–H groups in total. The average molecular weight is 425 g/mol. The number of hydrogen-bond acceptors (Lipinski definition) is 4. The van der Waals surface area contributed by atoms with Crippen LogP contribution in [0.4, 0.5) is 4.39 Å². The first-order chi connectivity index (χ1) is 14.7. The molecule has 0 saturated carbocycles. The zero-order chi connectivity index (χ0) is 20.9. The van der Waals surface area contributed by atoms with Crippen LogP contribution in [0.25, 0.3) is 10.2 Å². The van der Waals surface area contributed by atoms with Gasteiger partial charge in [0.05, 0.1) is 24.4 Å². The van der Waals surface area contributed by atoms with Gasteiger partial charge in [-0.25, -0.2) is 4.39 Å². The fourth-order valence-corrected chi connectivity index (χ4v) is 4.47. The first kappa shape index (κ1) is 20.4. The number of benzene rings is 2. The Balaban J connectivity index is 1.42. The normalized spacial score (nSPS) is 11.2. The number of hydrogen-bond donors (Lipinski definition) is 1. The topological polar surface area (TPSA) is 35.4 Å². The molecule has 0 aliphatic carbocycles. The van der Waals surface area contributed by atoms with Crippen molar-refractivity contribution >= 4 is 21.6 Å². The summed E-state index contributed by atoms with van der Waals surface area (Å²) in [5.41, 5.74) is 4.74. The van der Waals surface area contributed by atoms with Crippen LogP contribution in [0.1, 0.15) is 16.8 Å². The Morgan fingerprint density at radius 2 is 1.70 bits per heavy atom. The van der Waals surface area contributed by atoms with Crippen molar-refractivity contribution in [3.63, 3.8) is 0 Å². The summed E-state index contributed by atoms with van der Waals surface area (Å²) in [6.45, 7) is 2.36. The summed E-state index contributed by atoms with van der Waals surface area (Å²) in [6, 6.07) is 17.2. The number of nitrogens with zero attached hydrogens (tertiary/aromatic N) is 1. The van der Waals surface area contributed by atoms with Crippen molar-refractivity contribution in [3.05, 3.63) is 82.6 Å². The van der Waals surface area contributed by atoms with Gasteiger partial charge in [0.25, 0.3) is 0 Å². The predicted octanol–water partition coefficient (Wildman–Crippen LogP) is 5.24. The lowest BCUT2D eigenvalue weighted by molar-refractivity contribution is 0.354. The van der Waals surface area contributed by atoms with Crippen LogP contribution in [0.5, 0.6) is 11.5 Å². The third-order valence-electron chi connectivity index (χ3n) is 5.21. The molecule has 0 atom stereocenters. The molecule has 156 valence electrons. The van der Waals surface area contributed by atoms with Gasteiger partial charge in [0.15, 0.2) is 11.5 Å². The summed E-state index contributed by atoms with van der Waals surface area (Å²) in [5.74, 6) is 1.29. The number of halogens is 1. The molecule has 0 fully saturated rings. The van der Waals surface area contributed by atoms with Gasteiger partial charge in [-0.2, -0.15) is 0 Å². The van der Waals surface area contributed by atoms with Crippen LogP contribution in [-0.2, 0) is 19.5 Å². The van der Waals surface area contributed by atoms with E-state index in [1.165, 1.54) is 33.6 Å². The van der Waals surface area contributed by atoms with Crippen molar-refractivity contribution < 1.29 is 13.9 Å². The van der Waals surface area contributed by atoms with E-state index in [0.717, 1.165) is 43.1 Å². The Morgan fingerprint density at radius 1 is 0.933 bits per heavy atom. The van der Waals surface area contributed by atoms with Crippen molar-refractivity contribution in [1.29, 1.82) is 0 Å². The molecule has 6 heteroatoms. The number of aromatic nitrogens is 1. The molecule has 2 aromatic carbocycles. The minimum atomic E-state index is -0.205. The Bertz CT molecular complexity index is 1120. The number of rotatable bonds is 9. The van der Waals surface area contributed by atoms with E-state index in [9.17, 15) is 4.39 Å². The SMILES string of the molecule is COc1ccc(CCNCc2cc3sccc3n2Cc2ccc(F)cc2)cc1OC. The number of nitrogens with one attached hydrogen (secondary N) is 1. The highest BCUT2D eigenvalue weighted by Gasteiger charge is 2.11. The van der Waals surface area contributed by atoms with Gasteiger partial charge in [-0.15, -0.1) is 11.3 Å². The second kappa shape index (κ2) is 9.32. The molecule has 0 saturated heterocycles. The quantitative estimate of drug-likeness (QED) is 0.373. The van der Waals surface area contributed by atoms with E-state index in [-0.39, 0.29) is 5.82 Å². The molecule has 2 heterocycles. The van der Waals surface area contributed by atoms with Gasteiger partial charge in [0.1, 0.15) is 5.82 Å². The third-order valence-corrected chi connectivity index (χ3v) is 6.06. The van der Waals surface area contributed by atoms with Gasteiger partial charge in [-0.1, -0.05) is 18.2 Å². The summed E-state index contributed by atoms with van der Waals surface area (Å²) < 4.78 is 27.5. The second-order valence-electron chi connectivity index (χ2n) is 7.13. The molecule has 0 aliphatic heterocycles. The maximum absolute atomic E-state index is 13.3. The zero-order valence-corrected chi connectivity index (χ0v) is 18.0. The van der Waals surface area contributed by atoms with Gasteiger partial charge in [0, 0.05) is 18.8 Å². The van der Waals surface area contributed by atoms with Crippen LogP contribution >= 0.6 is 11.3 Å². The average Bonchev–Trinajstić information content (AvgIpc) is 3.35. The molecule has 2 aromatic heterocycles. The molecule has 0 amide bonds. The summed E-state index contributed by atoms with van der Waals surface area (Å²) in [6.07, 6.45) is 0.896. The van der Waals surface area contributed by atoms with E-state index in [4.69, 9.17) is 9.47 Å². The second-order valence-corrected chi connectivity index (χ2v) is 8.08. The summed E-state index contributed by atoms with van der Waals surface area (Å²) in [7, 11) is 3.30. The highest BCUT2D eigenvalue weighted by Crippen LogP contribution is 2.28. The molecule has 4 nitrogen and oxygen atoms in total. The van der Waals surface area contributed by atoms with Gasteiger partial charge < -0.3 is 19.4 Å². The van der Waals surface area contributed by atoms with E-state index in [0.29, 0.717) is 0 Å². The summed E-state index contributed by atoms with van der Waals surface area (Å²) in [4.78, 5) is 0. The van der Waals surface area contributed by atoms with E-state index < -0.39 is 0 Å². The minimum absolute atomic E-state index is 0.205. The summed E-state index contributed by atoms with van der Waals surface area (Å²) >= 11 is 1.74. The Labute approximate surface area is 179 Å². The van der Waals surface area contributed by atoms with Gasteiger partial charge in [-0.3, -0.25) is 0 Å². The molecule has 0 spiro atoms. The van der Waals surface area contributed by atoms with Crippen molar-refractivity contribution in [2.24, 2.45) is 0 Å². The van der Waals surface area contributed by atoms with E-state index in [2.05, 4.69) is 33.5 Å². The Kier molecular flexibility index (Phi) is 6.35. The fraction of sp³-hybridized carbons (Fsp3) is 0.250. The van der Waals surface area contributed by atoms with E-state index >= 15 is 0 Å². The van der Waals surface area contributed by atoms with Crippen molar-refractivity contribution in [3.8, 4) is 11.5 Å². The lowest BCUT2D eigenvalue weighted by Crippen LogP contribution is -2.19. The molecule has 0 unspecified atom stereocenters. The largest absolute Gasteiger partial charge is 0.493 e. The third kappa shape index (κ3) is 4.50. The fourth-order valence-electron chi connectivity index (χ4n) is 3.62. The first-order valence-electron chi connectivity index (χ1n) is 9.89. The number of fused-ring (bicyclic) bond motifs is 1. The standard InChI is InChI=1S/C24H25FN2O2S/c1-28-22-8-5-17(13-23(22)29-2)9-11-26-15-20-14-24-21(10-12-30-24)27(20)16-18-3-6-19(25)7-4-18/h3-8,10,12-14,26H,9,11,15-16H2,1-2H3. The Morgan fingerprint density at radius 3 is 2.47 bits per heavy atom. The smallest absolute Gasteiger partial charge is 0.160 e. The molecular formula is C24H25FN2O2S. The highest BCUT2D eigenvalue weighted by atomic mass is 32.1. The van der Waals surface area contributed by atoms with Gasteiger partial charge >= 0.3 is 0 Å². The maximum atomic E-state index is 13.3. The molecule has 0 bridgehead atoms. The highest BCUT2D eigenvalue weighted by molar-refractivity contribution is 7.17. The van der Waals surface area contributed by atoms with Crippen LogP contribution in [0.2, 0.25) is 0 Å². The minimum Gasteiger partial charge on any atom is -0.493 e. The molecule has 4 aromatic rings. The number of ether oxygens (including phenoxy) is 2. The lowest BCUT2D eigenvalue weighted by Gasteiger charge is -2.12. The molecule has 0 aliphatic rings. The van der Waals surface area contributed by atoms with Crippen molar-refractivity contribution in [1.82, 2.24) is 9.88 Å². The van der Waals surface area contributed by atoms with Crippen LogP contribution in [0.3, 0.4) is 0 Å². The summed E-state index contributed by atoms with van der Waals surface area (Å²) in [5, 5.41) is 5.67. The number of methoxy groups -OCH3 is 2. The maximum Gasteiger partial charge on any atom is 0.160 e. The zero-order valence-electron chi connectivity index (χ0n) is 17.2. The first-order valence-corrected chi connectivity index (χ1v) is 10.8. The van der Waals surface area contributed by atoms with Gasteiger partial charge in [0.2, 0.25) is 0 Å². The van der Waals surface area contributed by atoms with Crippen molar-refractivity contribution in [2.45, 2.75) is 19.5 Å². The Hall–Kier alpha value is -2.83. The van der Waals surface area contributed by atoms with E-state index in [1.54, 1.807) is 25.6 Å². The van der Waals surface area contributed by atoms with Crippen LogP contribution < -0.4 is 14.8 Å². The van der Waals surface area contributed by atoms with Crippen molar-refractivity contribution in [2.75, 3.05) is 20.8 Å². The van der Waals surface area contributed by atoms with Crippen LogP contribution in [-0.4, -0.2) is 25.3 Å². The monoisotopic (exact) mass is 424 g/mol. The van der Waals surface area contributed by atoms with Crippen LogP contribution in [0, 0.1) is 5.82 Å². The van der Waals surface area contributed by atoms with Crippen LogP contribution in [0.15, 0.2) is 60.0 Å². The lowest BCUT2D eigenvalue weighted by atomic mass is 10.1. The molecule has 0 radical (unpaired) electrons.